The third-order valence-corrected chi connectivity index (χ3v) is 1.99. The maximum atomic E-state index is 11.2. The highest BCUT2D eigenvalue weighted by Gasteiger charge is 2.21. The molecule has 62 valence electrons. The van der Waals surface area contributed by atoms with Crippen molar-refractivity contribution < 1.29 is 4.79 Å². The molecule has 2 nitrogen and oxygen atoms in total. The number of rotatable bonds is 2. The van der Waals surface area contributed by atoms with Crippen LogP contribution in [0.15, 0.2) is 12.2 Å². The van der Waals surface area contributed by atoms with Crippen LogP contribution in [-0.4, -0.2) is 12.5 Å². The lowest BCUT2D eigenvalue weighted by atomic mass is 9.92. The summed E-state index contributed by atoms with van der Waals surface area (Å²) in [4.78, 5) is 11.2. The Kier molecular flexibility index (Phi) is 2.69. The smallest absolute Gasteiger partial charge is 0.223 e. The molecule has 1 atom stereocenters. The van der Waals surface area contributed by atoms with Gasteiger partial charge in [0.05, 0.1) is 0 Å². The molecule has 0 radical (unpaired) electrons. The first-order valence-electron chi connectivity index (χ1n) is 4.12. The summed E-state index contributed by atoms with van der Waals surface area (Å²) in [6.07, 6.45) is 2.99. The maximum absolute atomic E-state index is 11.2. The van der Waals surface area contributed by atoms with Crippen LogP contribution in [-0.2, 0) is 4.79 Å². The van der Waals surface area contributed by atoms with E-state index in [9.17, 15) is 4.79 Å². The Labute approximate surface area is 67.7 Å². The average molecular weight is 153 g/mol. The SMILES string of the molecule is C=C(C)C[C@@H]1CCCNC1=O. The Hall–Kier alpha value is -0.790. The molecular formula is C9H15NO. The van der Waals surface area contributed by atoms with Crippen LogP contribution < -0.4 is 5.32 Å². The van der Waals surface area contributed by atoms with E-state index in [1.165, 1.54) is 0 Å². The highest BCUT2D eigenvalue weighted by atomic mass is 16.1. The van der Waals surface area contributed by atoms with Gasteiger partial charge in [0.25, 0.3) is 0 Å². The van der Waals surface area contributed by atoms with E-state index in [0.29, 0.717) is 0 Å². The Balaban J connectivity index is 2.42. The second-order valence-electron chi connectivity index (χ2n) is 3.29. The lowest BCUT2D eigenvalue weighted by Crippen LogP contribution is -2.36. The summed E-state index contributed by atoms with van der Waals surface area (Å²) in [5, 5.41) is 2.86. The highest BCUT2D eigenvalue weighted by Crippen LogP contribution is 2.18. The zero-order valence-corrected chi connectivity index (χ0v) is 7.02. The fourth-order valence-corrected chi connectivity index (χ4v) is 1.45. The van der Waals surface area contributed by atoms with Gasteiger partial charge in [-0.1, -0.05) is 5.57 Å². The number of hydrogen-bond donors (Lipinski definition) is 1. The lowest BCUT2D eigenvalue weighted by Gasteiger charge is -2.21. The van der Waals surface area contributed by atoms with E-state index < -0.39 is 0 Å². The summed E-state index contributed by atoms with van der Waals surface area (Å²) >= 11 is 0. The fourth-order valence-electron chi connectivity index (χ4n) is 1.45. The number of carbonyl (C=O) groups excluding carboxylic acids is 1. The molecule has 11 heavy (non-hydrogen) atoms. The molecular weight excluding hydrogens is 138 g/mol. The molecule has 0 unspecified atom stereocenters. The average Bonchev–Trinajstić information content (AvgIpc) is 1.93. The maximum Gasteiger partial charge on any atom is 0.223 e. The van der Waals surface area contributed by atoms with Crippen LogP contribution in [0.5, 0.6) is 0 Å². The molecule has 0 aromatic rings. The summed E-state index contributed by atoms with van der Waals surface area (Å²) in [6, 6.07) is 0. The molecule has 1 aliphatic heterocycles. The topological polar surface area (TPSA) is 29.1 Å². The normalized spacial score (nSPS) is 24.5. The van der Waals surface area contributed by atoms with Gasteiger partial charge in [0, 0.05) is 12.5 Å². The summed E-state index contributed by atoms with van der Waals surface area (Å²) < 4.78 is 0. The summed E-state index contributed by atoms with van der Waals surface area (Å²) in [7, 11) is 0. The minimum Gasteiger partial charge on any atom is -0.356 e. The van der Waals surface area contributed by atoms with Crippen LogP contribution in [0.1, 0.15) is 26.2 Å². The Morgan fingerprint density at radius 3 is 3.09 bits per heavy atom. The molecule has 0 spiro atoms. The molecule has 1 rings (SSSR count). The van der Waals surface area contributed by atoms with Crippen LogP contribution in [0, 0.1) is 5.92 Å². The van der Waals surface area contributed by atoms with Crippen LogP contribution >= 0.6 is 0 Å². The first-order valence-corrected chi connectivity index (χ1v) is 4.12. The molecule has 0 aliphatic carbocycles. The molecule has 1 amide bonds. The minimum atomic E-state index is 0.196. The molecule has 1 fully saturated rings. The van der Waals surface area contributed by atoms with Gasteiger partial charge in [-0.05, 0) is 26.2 Å². The standard InChI is InChI=1S/C9H15NO/c1-7(2)6-8-4-3-5-10-9(8)11/h8H,1,3-6H2,2H3,(H,10,11)/t8-/m0/s1. The van der Waals surface area contributed by atoms with Gasteiger partial charge in [-0.15, -0.1) is 6.58 Å². The van der Waals surface area contributed by atoms with E-state index in [-0.39, 0.29) is 11.8 Å². The van der Waals surface area contributed by atoms with E-state index in [0.717, 1.165) is 31.4 Å². The third kappa shape index (κ3) is 2.37. The minimum absolute atomic E-state index is 0.196. The first-order chi connectivity index (χ1) is 5.20. The van der Waals surface area contributed by atoms with Crippen molar-refractivity contribution in [1.82, 2.24) is 5.32 Å². The molecule has 1 heterocycles. The van der Waals surface area contributed by atoms with E-state index in [2.05, 4.69) is 11.9 Å². The predicted octanol–water partition coefficient (Wildman–Crippen LogP) is 1.48. The van der Waals surface area contributed by atoms with Gasteiger partial charge in [0.15, 0.2) is 0 Å². The quantitative estimate of drug-likeness (QED) is 0.598. The van der Waals surface area contributed by atoms with Crippen molar-refractivity contribution in [1.29, 1.82) is 0 Å². The second-order valence-corrected chi connectivity index (χ2v) is 3.29. The number of hydrogen-bond acceptors (Lipinski definition) is 1. The van der Waals surface area contributed by atoms with Gasteiger partial charge in [-0.3, -0.25) is 4.79 Å². The molecule has 1 saturated heterocycles. The van der Waals surface area contributed by atoms with Gasteiger partial charge in [0.1, 0.15) is 0 Å². The van der Waals surface area contributed by atoms with E-state index in [1.807, 2.05) is 6.92 Å². The fraction of sp³-hybridized carbons (Fsp3) is 0.667. The zero-order valence-electron chi connectivity index (χ0n) is 7.02. The van der Waals surface area contributed by atoms with Crippen molar-refractivity contribution in [3.63, 3.8) is 0 Å². The van der Waals surface area contributed by atoms with Crippen LogP contribution in [0.25, 0.3) is 0 Å². The Morgan fingerprint density at radius 1 is 1.82 bits per heavy atom. The van der Waals surface area contributed by atoms with Crippen LogP contribution in [0.4, 0.5) is 0 Å². The molecule has 1 N–H and O–H groups in total. The van der Waals surface area contributed by atoms with Crippen LogP contribution in [0.2, 0.25) is 0 Å². The van der Waals surface area contributed by atoms with Crippen molar-refractivity contribution in [3.05, 3.63) is 12.2 Å². The Bertz CT molecular complexity index is 174. The van der Waals surface area contributed by atoms with Crippen molar-refractivity contribution in [2.45, 2.75) is 26.2 Å². The summed E-state index contributed by atoms with van der Waals surface area (Å²) in [5.41, 5.74) is 1.10. The highest BCUT2D eigenvalue weighted by molar-refractivity contribution is 5.79. The summed E-state index contributed by atoms with van der Waals surface area (Å²) in [6.45, 7) is 6.63. The van der Waals surface area contributed by atoms with Gasteiger partial charge >= 0.3 is 0 Å². The van der Waals surface area contributed by atoms with E-state index in [4.69, 9.17) is 0 Å². The molecule has 0 aromatic heterocycles. The number of nitrogens with one attached hydrogen (secondary N) is 1. The van der Waals surface area contributed by atoms with Crippen molar-refractivity contribution in [2.75, 3.05) is 6.54 Å². The van der Waals surface area contributed by atoms with Crippen molar-refractivity contribution >= 4 is 5.91 Å². The monoisotopic (exact) mass is 153 g/mol. The molecule has 0 bridgehead atoms. The number of piperidine rings is 1. The van der Waals surface area contributed by atoms with E-state index >= 15 is 0 Å². The van der Waals surface area contributed by atoms with Crippen molar-refractivity contribution in [2.24, 2.45) is 5.92 Å². The van der Waals surface area contributed by atoms with Crippen molar-refractivity contribution in [3.8, 4) is 0 Å². The number of allylic oxidation sites excluding steroid dienone is 1. The predicted molar refractivity (Wildman–Crippen MR) is 45.2 cm³/mol. The van der Waals surface area contributed by atoms with Gasteiger partial charge in [-0.25, -0.2) is 0 Å². The zero-order chi connectivity index (χ0) is 8.27. The lowest BCUT2D eigenvalue weighted by molar-refractivity contribution is -0.126. The van der Waals surface area contributed by atoms with Crippen LogP contribution in [0.3, 0.4) is 0 Å². The van der Waals surface area contributed by atoms with Gasteiger partial charge in [0.2, 0.25) is 5.91 Å². The third-order valence-electron chi connectivity index (χ3n) is 1.99. The molecule has 1 aliphatic rings. The molecule has 2 heteroatoms. The number of amides is 1. The van der Waals surface area contributed by atoms with Gasteiger partial charge in [-0.2, -0.15) is 0 Å². The number of carbonyl (C=O) groups is 1. The Morgan fingerprint density at radius 2 is 2.55 bits per heavy atom. The molecule has 0 aromatic carbocycles. The largest absolute Gasteiger partial charge is 0.356 e. The second kappa shape index (κ2) is 3.56. The molecule has 0 saturated carbocycles. The van der Waals surface area contributed by atoms with Gasteiger partial charge < -0.3 is 5.32 Å². The summed E-state index contributed by atoms with van der Waals surface area (Å²) in [5.74, 6) is 0.403. The van der Waals surface area contributed by atoms with E-state index in [1.54, 1.807) is 0 Å². The first kappa shape index (κ1) is 8.31.